The topological polar surface area (TPSA) is 0 Å². The smallest absolute Gasteiger partial charge is 0.0548 e. The monoisotopic (exact) mass is 294 g/mol. The van der Waals surface area contributed by atoms with Crippen LogP contribution in [-0.2, 0) is 0 Å². The summed E-state index contributed by atoms with van der Waals surface area (Å²) in [5.74, 6) is 22.6. The second kappa shape index (κ2) is 1.88. The van der Waals surface area contributed by atoms with Crippen molar-refractivity contribution in [1.82, 2.24) is 0 Å². The maximum absolute atomic E-state index is 7.75. The van der Waals surface area contributed by atoms with Crippen molar-refractivity contribution in [2.75, 3.05) is 0 Å². The summed E-state index contributed by atoms with van der Waals surface area (Å²) in [7, 11) is 0. The Morgan fingerprint density at radius 3 is 0.762 bits per heavy atom. The Bertz CT molecular complexity index is 611. The molecular weight excluding hydrogens is 276 g/mol. The highest BCUT2D eigenvalue weighted by Gasteiger charge is 3.01. The molecule has 0 spiro atoms. The van der Waals surface area contributed by atoms with Gasteiger partial charge in [-0.25, -0.2) is 0 Å². The minimum absolute atomic E-state index is 0.373. The van der Waals surface area contributed by atoms with Crippen LogP contribution in [0.2, 0.25) is 0 Å². The number of hydrogen-bond acceptors (Lipinski definition) is 0. The van der Waals surface area contributed by atoms with Crippen LogP contribution in [0.5, 0.6) is 0 Å². The zero-order valence-corrected chi connectivity index (χ0v) is 12.6. The van der Waals surface area contributed by atoms with Crippen LogP contribution in [0.15, 0.2) is 0 Å². The van der Waals surface area contributed by atoms with E-state index in [1.165, 1.54) is 94.7 Å². The molecule has 0 N–H and O–H groups in total. The third kappa shape index (κ3) is 0.426. The van der Waals surface area contributed by atoms with E-state index in [0.717, 1.165) is 17.8 Å². The highest BCUT2D eigenvalue weighted by Crippen LogP contribution is 3.03. The van der Waals surface area contributed by atoms with Crippen LogP contribution < -0.4 is 0 Å². The SMILES string of the molecule is ClC12C3[C@@H]4[C@@H]5C6C7C8[C@@H]9[C@@H]6[C@@H]4C1[C@H]9[C@@H]1C2[C@H]2[C@@H](C7[C@@H]5[C@@H]32)[C@H]81. The molecule has 0 aromatic rings. The zero-order valence-electron chi connectivity index (χ0n) is 11.8. The zero-order chi connectivity index (χ0) is 12.5. The van der Waals surface area contributed by atoms with Gasteiger partial charge in [0.2, 0.25) is 0 Å². The number of alkyl halides is 1. The second-order valence-corrected chi connectivity index (χ2v) is 12.3. The first kappa shape index (κ1) is 8.95. The van der Waals surface area contributed by atoms with Crippen molar-refractivity contribution in [3.05, 3.63) is 0 Å². The van der Waals surface area contributed by atoms with Crippen LogP contribution in [-0.4, -0.2) is 4.87 Å². The van der Waals surface area contributed by atoms with E-state index >= 15 is 0 Å². The standard InChI is InChI=1S/C20H19Cl/c21-20-17-11-5-2-1-3-7(5)13(17)15-9(3)10-4(1)8-6(2)12(11)18(20)14(8)16(10)19(15)20/h1-19H/t1?,2?,3?,4?,5-,6-,7-,8+,9+,10+,11-,12+,13+,14+,15+,16-,17?,18?,19?,20?/m0/s1. The van der Waals surface area contributed by atoms with Gasteiger partial charge in [-0.15, -0.1) is 11.6 Å². The van der Waals surface area contributed by atoms with Crippen molar-refractivity contribution >= 4 is 11.6 Å². The second-order valence-electron chi connectivity index (χ2n) is 11.6. The fourth-order valence-electron chi connectivity index (χ4n) is 15.3. The predicted octanol–water partition coefficient (Wildman–Crippen LogP) is 2.82. The van der Waals surface area contributed by atoms with E-state index in [-0.39, 0.29) is 0 Å². The molecule has 0 bridgehead atoms. The molecule has 0 nitrogen and oxygen atoms in total. The average Bonchev–Trinajstić information content (AvgIpc) is 3.10. The van der Waals surface area contributed by atoms with Gasteiger partial charge in [0.25, 0.3) is 0 Å². The number of rotatable bonds is 0. The lowest BCUT2D eigenvalue weighted by atomic mass is 9.77. The summed E-state index contributed by atoms with van der Waals surface area (Å²) in [4.78, 5) is 0.373. The van der Waals surface area contributed by atoms with Gasteiger partial charge in [-0.3, -0.25) is 0 Å². The van der Waals surface area contributed by atoms with Crippen molar-refractivity contribution in [2.45, 2.75) is 4.87 Å². The summed E-state index contributed by atoms with van der Waals surface area (Å²) in [6.07, 6.45) is 0. The molecule has 0 aromatic heterocycles. The molecule has 21 heavy (non-hydrogen) atoms. The Hall–Kier alpha value is 0.290. The Morgan fingerprint density at radius 2 is 0.524 bits per heavy atom. The molecule has 0 heterocycles. The van der Waals surface area contributed by atoms with Gasteiger partial charge in [0.1, 0.15) is 0 Å². The van der Waals surface area contributed by atoms with Gasteiger partial charge >= 0.3 is 0 Å². The van der Waals surface area contributed by atoms with E-state index in [1.807, 2.05) is 0 Å². The lowest BCUT2D eigenvalue weighted by Crippen LogP contribution is -2.37. The lowest BCUT2D eigenvalue weighted by Gasteiger charge is -2.34. The van der Waals surface area contributed by atoms with Crippen molar-refractivity contribution in [3.63, 3.8) is 0 Å². The summed E-state index contributed by atoms with van der Waals surface area (Å²) < 4.78 is 0. The molecule has 8 unspecified atom stereocenters. The molecular formula is C20H19Cl. The van der Waals surface area contributed by atoms with Crippen LogP contribution in [0, 0.1) is 112 Å². The van der Waals surface area contributed by atoms with Crippen LogP contribution in [0.25, 0.3) is 0 Å². The quantitative estimate of drug-likeness (QED) is 0.603. The van der Waals surface area contributed by atoms with Gasteiger partial charge in [-0.05, 0) is 112 Å². The van der Waals surface area contributed by atoms with E-state index in [4.69, 9.17) is 11.6 Å². The van der Waals surface area contributed by atoms with Crippen LogP contribution in [0.4, 0.5) is 0 Å². The summed E-state index contributed by atoms with van der Waals surface area (Å²) in [6, 6.07) is 0. The van der Waals surface area contributed by atoms with Gasteiger partial charge in [0, 0.05) is 0 Å². The average molecular weight is 295 g/mol. The predicted molar refractivity (Wildman–Crippen MR) is 74.9 cm³/mol. The van der Waals surface area contributed by atoms with Gasteiger partial charge in [-0.2, -0.15) is 0 Å². The molecule has 1 heteroatoms. The first-order chi connectivity index (χ1) is 10.4. The molecule has 12 rings (SSSR count). The van der Waals surface area contributed by atoms with Gasteiger partial charge in [0.15, 0.2) is 0 Å². The van der Waals surface area contributed by atoms with Crippen LogP contribution in [0.3, 0.4) is 0 Å². The largest absolute Gasteiger partial charge is 0.118 e. The third-order valence-corrected chi connectivity index (χ3v) is 14.1. The van der Waals surface area contributed by atoms with Crippen molar-refractivity contribution in [2.24, 2.45) is 112 Å². The Labute approximate surface area is 129 Å². The first-order valence-electron chi connectivity index (χ1n) is 10.1. The number of hydrogen-bond donors (Lipinski definition) is 0. The Balaban J connectivity index is 1.49. The lowest BCUT2D eigenvalue weighted by molar-refractivity contribution is 0.198. The van der Waals surface area contributed by atoms with E-state index in [1.54, 1.807) is 0 Å². The molecule has 20 atom stereocenters. The summed E-state index contributed by atoms with van der Waals surface area (Å²) >= 11 is 7.75. The highest BCUT2D eigenvalue weighted by molar-refractivity contribution is 6.25. The minimum atomic E-state index is 0.373. The molecule has 0 radical (unpaired) electrons. The molecule has 0 aliphatic heterocycles. The van der Waals surface area contributed by atoms with Gasteiger partial charge in [0.05, 0.1) is 4.87 Å². The molecule has 106 valence electrons. The van der Waals surface area contributed by atoms with E-state index < -0.39 is 0 Å². The molecule has 12 aliphatic rings. The van der Waals surface area contributed by atoms with Crippen molar-refractivity contribution in [3.8, 4) is 0 Å². The van der Waals surface area contributed by atoms with Crippen molar-refractivity contribution < 1.29 is 0 Å². The van der Waals surface area contributed by atoms with Gasteiger partial charge < -0.3 is 0 Å². The summed E-state index contributed by atoms with van der Waals surface area (Å²) in [5.41, 5.74) is 0. The highest BCUT2D eigenvalue weighted by atomic mass is 35.5. The van der Waals surface area contributed by atoms with Crippen molar-refractivity contribution in [1.29, 1.82) is 0 Å². The van der Waals surface area contributed by atoms with Crippen LogP contribution in [0.1, 0.15) is 0 Å². The normalized spacial score (nSPS) is 107. The van der Waals surface area contributed by atoms with Crippen LogP contribution >= 0.6 is 11.6 Å². The maximum atomic E-state index is 7.75. The summed E-state index contributed by atoms with van der Waals surface area (Å²) in [6.45, 7) is 0. The maximum Gasteiger partial charge on any atom is 0.0548 e. The summed E-state index contributed by atoms with van der Waals surface area (Å²) in [5, 5.41) is 0. The fourth-order valence-corrected chi connectivity index (χ4v) is 16.2. The van der Waals surface area contributed by atoms with E-state index in [2.05, 4.69) is 0 Å². The molecule has 12 saturated carbocycles. The molecule has 0 saturated heterocycles. The van der Waals surface area contributed by atoms with E-state index in [0.29, 0.717) is 4.87 Å². The number of halogens is 1. The molecule has 12 aliphatic carbocycles. The minimum Gasteiger partial charge on any atom is -0.118 e. The Morgan fingerprint density at radius 1 is 0.333 bits per heavy atom. The first-order valence-corrected chi connectivity index (χ1v) is 10.4. The Kier molecular flexibility index (Phi) is 0.803. The molecule has 12 fully saturated rings. The van der Waals surface area contributed by atoms with E-state index in [9.17, 15) is 0 Å². The molecule has 0 amide bonds. The van der Waals surface area contributed by atoms with Gasteiger partial charge in [-0.1, -0.05) is 0 Å². The molecule has 0 aromatic carbocycles. The third-order valence-electron chi connectivity index (χ3n) is 13.4. The fraction of sp³-hybridized carbons (Fsp3) is 1.00.